The first-order valence-corrected chi connectivity index (χ1v) is 10.2. The molecule has 1 aliphatic rings. The van der Waals surface area contributed by atoms with E-state index in [2.05, 4.69) is 31.0 Å². The Kier molecular flexibility index (Phi) is 5.03. The average Bonchev–Trinajstić information content (AvgIpc) is 2.87. The molecule has 0 spiro atoms. The van der Waals surface area contributed by atoms with Gasteiger partial charge in [0.05, 0.1) is 11.5 Å². The van der Waals surface area contributed by atoms with Crippen molar-refractivity contribution >= 4 is 21.6 Å². The molecule has 1 aromatic rings. The smallest absolute Gasteiger partial charge is 0.190 e. The molecular weight excluding hydrogens is 306 g/mol. The molecule has 0 unspecified atom stereocenters. The van der Waals surface area contributed by atoms with Gasteiger partial charge in [0.25, 0.3) is 0 Å². The van der Waals surface area contributed by atoms with Crippen molar-refractivity contribution in [1.29, 1.82) is 0 Å². The Labute approximate surface area is 131 Å². The van der Waals surface area contributed by atoms with Gasteiger partial charge in [0.15, 0.2) is 15.0 Å². The summed E-state index contributed by atoms with van der Waals surface area (Å²) in [6, 6.07) is 0. The predicted molar refractivity (Wildman–Crippen MR) is 86.4 cm³/mol. The molecule has 0 amide bonds. The highest BCUT2D eigenvalue weighted by Crippen LogP contribution is 2.30. The van der Waals surface area contributed by atoms with Crippen molar-refractivity contribution in [2.75, 3.05) is 17.3 Å². The molecule has 5 nitrogen and oxygen atoms in total. The molecular formula is C14H25N3O2S2. The molecule has 0 saturated carbocycles. The first-order chi connectivity index (χ1) is 9.68. The van der Waals surface area contributed by atoms with Crippen LogP contribution in [0.5, 0.6) is 0 Å². The molecule has 1 aromatic heterocycles. The number of hydrogen-bond acceptors (Lipinski definition) is 5. The Morgan fingerprint density at radius 3 is 2.62 bits per heavy atom. The van der Waals surface area contributed by atoms with Gasteiger partial charge in [-0.3, -0.25) is 0 Å². The number of aromatic nitrogens is 3. The van der Waals surface area contributed by atoms with Crippen molar-refractivity contribution in [3.8, 4) is 0 Å². The first kappa shape index (κ1) is 16.8. The fourth-order valence-corrected chi connectivity index (χ4v) is 5.17. The molecule has 120 valence electrons. The molecule has 1 aliphatic heterocycles. The lowest BCUT2D eigenvalue weighted by Gasteiger charge is -2.17. The zero-order valence-corrected chi connectivity index (χ0v) is 14.9. The lowest BCUT2D eigenvalue weighted by atomic mass is 9.91. The largest absolute Gasteiger partial charge is 0.309 e. The second-order valence-electron chi connectivity index (χ2n) is 7.01. The van der Waals surface area contributed by atoms with Crippen LogP contribution in [0.15, 0.2) is 5.16 Å². The van der Waals surface area contributed by atoms with Crippen molar-refractivity contribution in [2.24, 2.45) is 12.5 Å². The van der Waals surface area contributed by atoms with E-state index in [0.717, 1.165) is 23.2 Å². The van der Waals surface area contributed by atoms with E-state index >= 15 is 0 Å². The van der Waals surface area contributed by atoms with Gasteiger partial charge in [-0.15, -0.1) is 10.2 Å². The van der Waals surface area contributed by atoms with E-state index in [0.29, 0.717) is 11.8 Å². The van der Waals surface area contributed by atoms with Crippen LogP contribution < -0.4 is 0 Å². The third kappa shape index (κ3) is 4.71. The molecule has 2 heterocycles. The monoisotopic (exact) mass is 331 g/mol. The third-order valence-corrected chi connectivity index (χ3v) is 6.64. The molecule has 2 rings (SSSR count). The molecule has 1 saturated heterocycles. The van der Waals surface area contributed by atoms with Gasteiger partial charge in [0.1, 0.15) is 5.82 Å². The number of nitrogens with zero attached hydrogens (tertiary/aromatic N) is 3. The fraction of sp³-hybridized carbons (Fsp3) is 0.857. The molecule has 1 fully saturated rings. The highest BCUT2D eigenvalue weighted by molar-refractivity contribution is 7.99. The number of hydrogen-bond donors (Lipinski definition) is 0. The summed E-state index contributed by atoms with van der Waals surface area (Å²) in [6.45, 7) is 6.75. The van der Waals surface area contributed by atoms with E-state index in [1.165, 1.54) is 6.42 Å². The molecule has 0 aromatic carbocycles. The summed E-state index contributed by atoms with van der Waals surface area (Å²) in [5.74, 6) is 2.34. The van der Waals surface area contributed by atoms with Crippen LogP contribution in [0.4, 0.5) is 0 Å². The number of thioether (sulfide) groups is 1. The van der Waals surface area contributed by atoms with Crippen LogP contribution in [-0.2, 0) is 16.9 Å². The van der Waals surface area contributed by atoms with Gasteiger partial charge < -0.3 is 4.57 Å². The van der Waals surface area contributed by atoms with Gasteiger partial charge in [0, 0.05) is 18.7 Å². The topological polar surface area (TPSA) is 64.8 Å². The van der Waals surface area contributed by atoms with E-state index in [4.69, 9.17) is 0 Å². The van der Waals surface area contributed by atoms with Crippen LogP contribution in [-0.4, -0.2) is 40.4 Å². The molecule has 0 bridgehead atoms. The molecule has 7 heteroatoms. The minimum Gasteiger partial charge on any atom is -0.309 e. The maximum absolute atomic E-state index is 11.6. The summed E-state index contributed by atoms with van der Waals surface area (Å²) < 4.78 is 25.1. The molecule has 0 N–H and O–H groups in total. The van der Waals surface area contributed by atoms with Gasteiger partial charge >= 0.3 is 0 Å². The summed E-state index contributed by atoms with van der Waals surface area (Å²) in [7, 11) is -0.939. The van der Waals surface area contributed by atoms with Gasteiger partial charge in [0.2, 0.25) is 0 Å². The maximum Gasteiger partial charge on any atom is 0.190 e. The average molecular weight is 332 g/mol. The summed E-state index contributed by atoms with van der Waals surface area (Å²) in [6.07, 6.45) is 3.00. The van der Waals surface area contributed by atoms with Gasteiger partial charge in [-0.2, -0.15) is 0 Å². The van der Waals surface area contributed by atoms with E-state index in [-0.39, 0.29) is 17.4 Å². The van der Waals surface area contributed by atoms with E-state index in [1.54, 1.807) is 11.8 Å². The summed E-state index contributed by atoms with van der Waals surface area (Å²) in [5.41, 5.74) is 0.365. The van der Waals surface area contributed by atoms with Crippen LogP contribution in [0.2, 0.25) is 0 Å². The minimum absolute atomic E-state index is 0.0106. The maximum atomic E-state index is 11.6. The van der Waals surface area contributed by atoms with Crippen LogP contribution in [0, 0.1) is 5.41 Å². The zero-order chi connectivity index (χ0) is 15.7. The number of rotatable bonds is 5. The summed E-state index contributed by atoms with van der Waals surface area (Å²) >= 11 is 1.71. The highest BCUT2D eigenvalue weighted by Gasteiger charge is 2.32. The Bertz CT molecular complexity index is 588. The minimum atomic E-state index is -2.88. The van der Waals surface area contributed by atoms with Crippen molar-refractivity contribution in [1.82, 2.24) is 14.8 Å². The molecule has 1 atom stereocenters. The lowest BCUT2D eigenvalue weighted by Crippen LogP contribution is -2.09. The van der Waals surface area contributed by atoms with Crippen molar-refractivity contribution in [3.05, 3.63) is 5.82 Å². The molecule has 21 heavy (non-hydrogen) atoms. The van der Waals surface area contributed by atoms with Gasteiger partial charge in [-0.1, -0.05) is 32.5 Å². The van der Waals surface area contributed by atoms with Crippen molar-refractivity contribution in [2.45, 2.75) is 51.1 Å². The Hall–Kier alpha value is -0.560. The third-order valence-electron chi connectivity index (χ3n) is 3.77. The highest BCUT2D eigenvalue weighted by atomic mass is 32.2. The summed E-state index contributed by atoms with van der Waals surface area (Å²) in [4.78, 5) is 0. The van der Waals surface area contributed by atoms with Crippen LogP contribution in [0.1, 0.15) is 51.8 Å². The molecule has 0 radical (unpaired) electrons. The van der Waals surface area contributed by atoms with E-state index < -0.39 is 9.84 Å². The second-order valence-corrected chi connectivity index (χ2v) is 10.3. The van der Waals surface area contributed by atoms with Gasteiger partial charge in [-0.05, 0) is 24.7 Å². The van der Waals surface area contributed by atoms with Crippen LogP contribution in [0.3, 0.4) is 0 Å². The predicted octanol–water partition coefficient (Wildman–Crippen LogP) is 2.64. The van der Waals surface area contributed by atoms with Crippen molar-refractivity contribution < 1.29 is 8.42 Å². The van der Waals surface area contributed by atoms with Gasteiger partial charge in [-0.25, -0.2) is 8.42 Å². The van der Waals surface area contributed by atoms with Crippen molar-refractivity contribution in [3.63, 3.8) is 0 Å². The standard InChI is InChI=1S/C14H25N3O2S2/c1-14(2,3)7-5-8-20-13-16-15-12(17(13)4)11-6-9-21(18,19)10-11/h11H,5-10H2,1-4H3/t11-/m0/s1. The Balaban J connectivity index is 1.92. The first-order valence-electron chi connectivity index (χ1n) is 7.40. The lowest BCUT2D eigenvalue weighted by molar-refractivity contribution is 0.374. The zero-order valence-electron chi connectivity index (χ0n) is 13.3. The van der Waals surface area contributed by atoms with Crippen LogP contribution in [0.25, 0.3) is 0 Å². The SMILES string of the molecule is Cn1c(SCCCC(C)(C)C)nnc1[C@H]1CCS(=O)(=O)C1. The normalized spacial score (nSPS) is 21.8. The quantitative estimate of drug-likeness (QED) is 0.613. The fourth-order valence-electron chi connectivity index (χ4n) is 2.57. The van der Waals surface area contributed by atoms with E-state index in [9.17, 15) is 8.42 Å². The Morgan fingerprint density at radius 1 is 1.33 bits per heavy atom. The summed E-state index contributed by atoms with van der Waals surface area (Å²) in [5, 5.41) is 9.33. The Morgan fingerprint density at radius 2 is 2.05 bits per heavy atom. The molecule has 0 aliphatic carbocycles. The number of sulfone groups is 1. The second kappa shape index (κ2) is 6.28. The van der Waals surface area contributed by atoms with E-state index in [1.807, 2.05) is 11.6 Å². The van der Waals surface area contributed by atoms with Crippen LogP contribution >= 0.6 is 11.8 Å².